The van der Waals surface area contributed by atoms with Crippen LogP contribution in [0.15, 0.2) is 24.3 Å². The molecule has 0 radical (unpaired) electrons. The number of hydrogen-bond donors (Lipinski definition) is 1. The summed E-state index contributed by atoms with van der Waals surface area (Å²) in [6, 6.07) is 9.24. The first-order valence-electron chi connectivity index (χ1n) is 6.82. The first-order valence-corrected chi connectivity index (χ1v) is 6.82. The molecule has 1 rings (SSSR count). The molecule has 0 saturated carbocycles. The number of nitriles is 1. The second-order valence-corrected chi connectivity index (χ2v) is 4.76. The second kappa shape index (κ2) is 8.53. The van der Waals surface area contributed by atoms with E-state index in [1.807, 2.05) is 25.1 Å². The lowest BCUT2D eigenvalue weighted by Crippen LogP contribution is -2.20. The molecule has 1 N–H and O–H groups in total. The fourth-order valence-electron chi connectivity index (χ4n) is 1.86. The maximum atomic E-state index is 12.0. The van der Waals surface area contributed by atoms with Gasteiger partial charge in [-0.3, -0.25) is 0 Å². The van der Waals surface area contributed by atoms with E-state index < -0.39 is 12.6 Å². The van der Waals surface area contributed by atoms with Gasteiger partial charge in [-0.05, 0) is 44.0 Å². The highest BCUT2D eigenvalue weighted by Crippen LogP contribution is 2.22. The molecule has 116 valence electrons. The van der Waals surface area contributed by atoms with Crippen LogP contribution in [0.2, 0.25) is 0 Å². The number of nitrogens with one attached hydrogen (secondary N) is 1. The fourth-order valence-corrected chi connectivity index (χ4v) is 1.86. The van der Waals surface area contributed by atoms with Gasteiger partial charge in [0.05, 0.1) is 0 Å². The molecular weight excluding hydrogens is 281 g/mol. The summed E-state index contributed by atoms with van der Waals surface area (Å²) in [5, 5.41) is 11.6. The fraction of sp³-hybridized carbons (Fsp3) is 0.533. The zero-order valence-electron chi connectivity index (χ0n) is 11.9. The molecule has 0 spiro atoms. The van der Waals surface area contributed by atoms with Crippen molar-refractivity contribution in [3.63, 3.8) is 0 Å². The quantitative estimate of drug-likeness (QED) is 0.739. The van der Waals surface area contributed by atoms with Crippen LogP contribution in [0.4, 0.5) is 13.2 Å². The van der Waals surface area contributed by atoms with Crippen molar-refractivity contribution >= 4 is 0 Å². The summed E-state index contributed by atoms with van der Waals surface area (Å²) in [6.07, 6.45) is -4.16. The third kappa shape index (κ3) is 7.57. The topological polar surface area (TPSA) is 45.0 Å². The van der Waals surface area contributed by atoms with E-state index in [0.717, 1.165) is 5.56 Å². The highest BCUT2D eigenvalue weighted by molar-refractivity contribution is 5.29. The predicted molar refractivity (Wildman–Crippen MR) is 73.9 cm³/mol. The lowest BCUT2D eigenvalue weighted by atomic mass is 10.1. The first kappa shape index (κ1) is 17.3. The molecule has 0 amide bonds. The molecule has 0 saturated heterocycles. The number of ether oxygens (including phenoxy) is 1. The van der Waals surface area contributed by atoms with Crippen molar-refractivity contribution in [3.8, 4) is 11.8 Å². The number of hydrogen-bond acceptors (Lipinski definition) is 3. The molecule has 0 aliphatic carbocycles. The predicted octanol–water partition coefficient (Wildman–Crippen LogP) is 3.97. The molecule has 0 bridgehead atoms. The Morgan fingerprint density at radius 2 is 1.90 bits per heavy atom. The van der Waals surface area contributed by atoms with E-state index in [2.05, 4.69) is 5.32 Å². The van der Waals surface area contributed by atoms with E-state index in [0.29, 0.717) is 18.7 Å². The summed E-state index contributed by atoms with van der Waals surface area (Å²) in [7, 11) is 0. The van der Waals surface area contributed by atoms with Crippen molar-refractivity contribution in [1.82, 2.24) is 5.32 Å². The van der Waals surface area contributed by atoms with Crippen LogP contribution in [0.1, 0.15) is 37.8 Å². The van der Waals surface area contributed by atoms with E-state index in [4.69, 9.17) is 10.00 Å². The van der Waals surface area contributed by atoms with Gasteiger partial charge in [-0.1, -0.05) is 12.1 Å². The van der Waals surface area contributed by atoms with E-state index in [9.17, 15) is 13.2 Å². The Morgan fingerprint density at radius 1 is 1.24 bits per heavy atom. The van der Waals surface area contributed by atoms with Gasteiger partial charge in [0.2, 0.25) is 0 Å². The summed E-state index contributed by atoms with van der Waals surface area (Å²) >= 11 is 0. The molecule has 0 heterocycles. The van der Waals surface area contributed by atoms with Gasteiger partial charge in [0.15, 0.2) is 6.61 Å². The van der Waals surface area contributed by atoms with Gasteiger partial charge in [0.25, 0.3) is 0 Å². The number of nitrogens with zero attached hydrogens (tertiary/aromatic N) is 1. The molecule has 0 aliphatic heterocycles. The van der Waals surface area contributed by atoms with Crippen LogP contribution in [-0.2, 0) is 0 Å². The van der Waals surface area contributed by atoms with E-state index in [1.54, 1.807) is 12.1 Å². The summed E-state index contributed by atoms with van der Waals surface area (Å²) in [6.45, 7) is 2.51. The molecular formula is C15H19F3N2O. The van der Waals surface area contributed by atoms with E-state index >= 15 is 0 Å². The van der Waals surface area contributed by atoms with Crippen molar-refractivity contribution in [3.05, 3.63) is 29.8 Å². The molecule has 0 fully saturated rings. The number of unbranched alkanes of at least 4 members (excludes halogenated alkanes) is 1. The molecule has 3 nitrogen and oxygen atoms in total. The zero-order chi connectivity index (χ0) is 15.7. The highest BCUT2D eigenvalue weighted by atomic mass is 19.4. The molecule has 0 aliphatic rings. The third-order valence-corrected chi connectivity index (χ3v) is 3.02. The maximum Gasteiger partial charge on any atom is 0.389 e. The minimum absolute atomic E-state index is 0.00631. The third-order valence-electron chi connectivity index (χ3n) is 3.02. The molecule has 1 unspecified atom stereocenters. The SMILES string of the molecule is CC(NCCCCC(F)(F)F)c1ccc(OCC#N)cc1. The van der Waals surface area contributed by atoms with Gasteiger partial charge in [0, 0.05) is 12.5 Å². The molecule has 0 aromatic heterocycles. The van der Waals surface area contributed by atoms with Gasteiger partial charge in [-0.25, -0.2) is 0 Å². The molecule has 6 heteroatoms. The number of alkyl halides is 3. The summed E-state index contributed by atoms with van der Waals surface area (Å²) in [5.41, 5.74) is 1.02. The Labute approximate surface area is 122 Å². The van der Waals surface area contributed by atoms with Crippen LogP contribution >= 0.6 is 0 Å². The molecule has 1 aromatic carbocycles. The van der Waals surface area contributed by atoms with Crippen LogP contribution in [0.5, 0.6) is 5.75 Å². The summed E-state index contributed by atoms with van der Waals surface area (Å²) in [5.74, 6) is 0.623. The minimum Gasteiger partial charge on any atom is -0.479 e. The monoisotopic (exact) mass is 300 g/mol. The van der Waals surface area contributed by atoms with Gasteiger partial charge in [-0.2, -0.15) is 18.4 Å². The van der Waals surface area contributed by atoms with Crippen LogP contribution in [-0.4, -0.2) is 19.3 Å². The van der Waals surface area contributed by atoms with Crippen LogP contribution in [0, 0.1) is 11.3 Å². The average Bonchev–Trinajstić information content (AvgIpc) is 2.44. The minimum atomic E-state index is -4.06. The van der Waals surface area contributed by atoms with E-state index in [1.165, 1.54) is 0 Å². The Balaban J connectivity index is 2.29. The number of benzene rings is 1. The Morgan fingerprint density at radius 3 is 2.48 bits per heavy atom. The molecule has 1 aromatic rings. The summed E-state index contributed by atoms with van der Waals surface area (Å²) in [4.78, 5) is 0. The van der Waals surface area contributed by atoms with Gasteiger partial charge in [-0.15, -0.1) is 0 Å². The molecule has 21 heavy (non-hydrogen) atoms. The number of halogens is 3. The van der Waals surface area contributed by atoms with E-state index in [-0.39, 0.29) is 19.1 Å². The zero-order valence-corrected chi connectivity index (χ0v) is 11.9. The van der Waals surface area contributed by atoms with Gasteiger partial charge in [0.1, 0.15) is 11.8 Å². The lowest BCUT2D eigenvalue weighted by Gasteiger charge is -2.15. The normalized spacial score (nSPS) is 12.7. The van der Waals surface area contributed by atoms with Gasteiger partial charge >= 0.3 is 6.18 Å². The van der Waals surface area contributed by atoms with Crippen LogP contribution in [0.25, 0.3) is 0 Å². The standard InChI is InChI=1S/C15H19F3N2O/c1-12(20-10-3-2-8-15(16,17)18)13-4-6-14(7-5-13)21-11-9-19/h4-7,12,20H,2-3,8,10-11H2,1H3. The smallest absolute Gasteiger partial charge is 0.389 e. The van der Waals surface area contributed by atoms with Crippen LogP contribution < -0.4 is 10.1 Å². The largest absolute Gasteiger partial charge is 0.479 e. The summed E-state index contributed by atoms with van der Waals surface area (Å²) < 4.78 is 41.1. The van der Waals surface area contributed by atoms with Crippen molar-refractivity contribution in [2.24, 2.45) is 0 Å². The Hall–Kier alpha value is -1.74. The first-order chi connectivity index (χ1) is 9.92. The molecule has 1 atom stereocenters. The average molecular weight is 300 g/mol. The van der Waals surface area contributed by atoms with Crippen molar-refractivity contribution in [2.75, 3.05) is 13.2 Å². The van der Waals surface area contributed by atoms with Crippen molar-refractivity contribution in [1.29, 1.82) is 5.26 Å². The lowest BCUT2D eigenvalue weighted by molar-refractivity contribution is -0.135. The highest BCUT2D eigenvalue weighted by Gasteiger charge is 2.25. The number of rotatable bonds is 8. The Kier molecular flexibility index (Phi) is 7.03. The maximum absolute atomic E-state index is 12.0. The van der Waals surface area contributed by atoms with Crippen LogP contribution in [0.3, 0.4) is 0 Å². The van der Waals surface area contributed by atoms with Crippen molar-refractivity contribution < 1.29 is 17.9 Å². The Bertz CT molecular complexity index is 451. The second-order valence-electron chi connectivity index (χ2n) is 4.76. The van der Waals surface area contributed by atoms with Gasteiger partial charge < -0.3 is 10.1 Å². The van der Waals surface area contributed by atoms with Crippen molar-refractivity contribution in [2.45, 2.75) is 38.4 Å².